The molecule has 3 aliphatic heterocycles. The van der Waals surface area contributed by atoms with Crippen LogP contribution in [0, 0.1) is 11.8 Å². The molecule has 2 amide bonds. The SMILES string of the molecule is C=CCN(C(=O)C1N(CCCO)C(=O)[C@@H]2[C@H](C(=O)O)[C@@H]3CCC12S3)C(C)CCC. The molecule has 0 aliphatic carbocycles. The normalized spacial score (nSPS) is 33.6. The molecule has 3 aliphatic rings. The highest BCUT2D eigenvalue weighted by Gasteiger charge is 2.73. The molecule has 3 unspecified atom stereocenters. The van der Waals surface area contributed by atoms with Crippen LogP contribution in [-0.2, 0) is 14.4 Å². The summed E-state index contributed by atoms with van der Waals surface area (Å²) in [4.78, 5) is 42.5. The van der Waals surface area contributed by atoms with E-state index in [9.17, 15) is 24.6 Å². The van der Waals surface area contributed by atoms with Gasteiger partial charge >= 0.3 is 5.97 Å². The molecule has 7 nitrogen and oxygen atoms in total. The zero-order valence-electron chi connectivity index (χ0n) is 17.2. The van der Waals surface area contributed by atoms with E-state index in [1.54, 1.807) is 27.6 Å². The van der Waals surface area contributed by atoms with Crippen LogP contribution < -0.4 is 0 Å². The van der Waals surface area contributed by atoms with E-state index in [-0.39, 0.29) is 36.3 Å². The zero-order chi connectivity index (χ0) is 21.3. The summed E-state index contributed by atoms with van der Waals surface area (Å²) in [6, 6.07) is -0.667. The third-order valence-electron chi connectivity index (χ3n) is 6.72. The van der Waals surface area contributed by atoms with Gasteiger partial charge in [-0.2, -0.15) is 0 Å². The standard InChI is InChI=1S/C21H32N2O5S/c1-4-7-13(3)22(10-5-2)19(26)17-21-9-8-14(29-21)15(20(27)28)16(21)18(25)23(17)11-6-12-24/h5,13-17,24H,2,4,6-12H2,1,3H3,(H,27,28)/t13?,14-,15+,16-,17?,21?/m0/s1. The molecule has 3 heterocycles. The average Bonchev–Trinajstić information content (AvgIpc) is 3.31. The van der Waals surface area contributed by atoms with Gasteiger partial charge in [-0.15, -0.1) is 18.3 Å². The molecular weight excluding hydrogens is 392 g/mol. The highest BCUT2D eigenvalue weighted by molar-refractivity contribution is 8.02. The minimum absolute atomic E-state index is 0.00891. The number of carboxylic acid groups (broad SMARTS) is 1. The number of carbonyl (C=O) groups is 3. The molecule has 2 bridgehead atoms. The third-order valence-corrected chi connectivity index (χ3v) is 8.68. The number of amides is 2. The van der Waals surface area contributed by atoms with Crippen molar-refractivity contribution in [1.29, 1.82) is 0 Å². The first kappa shape index (κ1) is 22.2. The monoisotopic (exact) mass is 424 g/mol. The highest BCUT2D eigenvalue weighted by atomic mass is 32.2. The van der Waals surface area contributed by atoms with E-state index in [1.165, 1.54) is 0 Å². The van der Waals surface area contributed by atoms with E-state index in [4.69, 9.17) is 0 Å². The second-order valence-electron chi connectivity index (χ2n) is 8.42. The molecule has 0 aromatic carbocycles. The number of fused-ring (bicyclic) bond motifs is 1. The fourth-order valence-electron chi connectivity index (χ4n) is 5.55. The number of thioether (sulfide) groups is 1. The quantitative estimate of drug-likeness (QED) is 0.519. The van der Waals surface area contributed by atoms with Crippen LogP contribution in [0.2, 0.25) is 0 Å². The first-order valence-corrected chi connectivity index (χ1v) is 11.4. The molecule has 162 valence electrons. The number of aliphatic hydroxyl groups excluding tert-OH is 1. The largest absolute Gasteiger partial charge is 0.481 e. The molecule has 3 fully saturated rings. The van der Waals surface area contributed by atoms with Crippen LogP contribution >= 0.6 is 11.8 Å². The van der Waals surface area contributed by atoms with E-state index >= 15 is 0 Å². The van der Waals surface area contributed by atoms with Crippen LogP contribution in [0.5, 0.6) is 0 Å². The van der Waals surface area contributed by atoms with Crippen LogP contribution in [0.1, 0.15) is 46.0 Å². The zero-order valence-corrected chi connectivity index (χ0v) is 18.1. The van der Waals surface area contributed by atoms with Gasteiger partial charge in [-0.25, -0.2) is 0 Å². The molecule has 2 N–H and O–H groups in total. The fourth-order valence-corrected chi connectivity index (χ4v) is 7.76. The van der Waals surface area contributed by atoms with Gasteiger partial charge in [0.05, 0.1) is 16.6 Å². The van der Waals surface area contributed by atoms with Crippen molar-refractivity contribution in [2.24, 2.45) is 11.8 Å². The van der Waals surface area contributed by atoms with Gasteiger partial charge in [0, 0.05) is 31.0 Å². The lowest BCUT2D eigenvalue weighted by Gasteiger charge is -2.39. The number of carboxylic acids is 1. The Balaban J connectivity index is 2.01. The van der Waals surface area contributed by atoms with Gasteiger partial charge in [0.1, 0.15) is 6.04 Å². The minimum atomic E-state index is -0.945. The maximum atomic E-state index is 13.8. The minimum Gasteiger partial charge on any atom is -0.481 e. The smallest absolute Gasteiger partial charge is 0.308 e. The van der Waals surface area contributed by atoms with Gasteiger partial charge in [0.2, 0.25) is 11.8 Å². The van der Waals surface area contributed by atoms with Crippen molar-refractivity contribution in [3.63, 3.8) is 0 Å². The Morgan fingerprint density at radius 1 is 1.48 bits per heavy atom. The van der Waals surface area contributed by atoms with Crippen molar-refractivity contribution < 1.29 is 24.6 Å². The van der Waals surface area contributed by atoms with Crippen LogP contribution in [-0.4, -0.2) is 79.6 Å². The topological polar surface area (TPSA) is 98.2 Å². The van der Waals surface area contributed by atoms with Crippen LogP contribution in [0.4, 0.5) is 0 Å². The van der Waals surface area contributed by atoms with Crippen LogP contribution in [0.3, 0.4) is 0 Å². The first-order valence-electron chi connectivity index (χ1n) is 10.6. The number of likely N-dealkylation sites (tertiary alicyclic amines) is 1. The van der Waals surface area contributed by atoms with Crippen molar-refractivity contribution in [2.45, 2.75) is 68.0 Å². The van der Waals surface area contributed by atoms with Crippen molar-refractivity contribution in [1.82, 2.24) is 9.80 Å². The van der Waals surface area contributed by atoms with Gasteiger partial charge in [0.25, 0.3) is 0 Å². The van der Waals surface area contributed by atoms with E-state index in [1.807, 2.05) is 6.92 Å². The average molecular weight is 425 g/mol. The molecule has 8 heteroatoms. The van der Waals surface area contributed by atoms with Crippen LogP contribution in [0.25, 0.3) is 0 Å². The Bertz CT molecular complexity index is 686. The van der Waals surface area contributed by atoms with Gasteiger partial charge in [0.15, 0.2) is 0 Å². The van der Waals surface area contributed by atoms with Gasteiger partial charge in [-0.05, 0) is 32.6 Å². The van der Waals surface area contributed by atoms with Crippen LogP contribution in [0.15, 0.2) is 12.7 Å². The van der Waals surface area contributed by atoms with Gasteiger partial charge < -0.3 is 20.0 Å². The fraction of sp³-hybridized carbons (Fsp3) is 0.762. The molecule has 0 aromatic rings. The lowest BCUT2D eigenvalue weighted by atomic mass is 9.71. The summed E-state index contributed by atoms with van der Waals surface area (Å²) in [5.41, 5.74) is 0. The summed E-state index contributed by atoms with van der Waals surface area (Å²) >= 11 is 1.54. The molecular formula is C21H32N2O5S. The molecule has 3 saturated heterocycles. The highest BCUT2D eigenvalue weighted by Crippen LogP contribution is 2.66. The Kier molecular flexibility index (Phi) is 6.63. The maximum absolute atomic E-state index is 13.8. The van der Waals surface area contributed by atoms with E-state index in [2.05, 4.69) is 13.5 Å². The molecule has 0 aromatic heterocycles. The lowest BCUT2D eigenvalue weighted by molar-refractivity contribution is -0.148. The number of nitrogens with zero attached hydrogens (tertiary/aromatic N) is 2. The van der Waals surface area contributed by atoms with Crippen molar-refractivity contribution in [2.75, 3.05) is 19.7 Å². The van der Waals surface area contributed by atoms with Gasteiger partial charge in [-0.3, -0.25) is 14.4 Å². The number of carbonyl (C=O) groups excluding carboxylic acids is 2. The lowest BCUT2D eigenvalue weighted by Crippen LogP contribution is -2.56. The second kappa shape index (κ2) is 8.68. The Morgan fingerprint density at radius 3 is 2.79 bits per heavy atom. The molecule has 3 rings (SSSR count). The van der Waals surface area contributed by atoms with E-state index in [0.717, 1.165) is 19.3 Å². The summed E-state index contributed by atoms with van der Waals surface area (Å²) in [6.07, 6.45) is 5.25. The Labute approximate surface area is 176 Å². The predicted molar refractivity (Wildman–Crippen MR) is 111 cm³/mol. The van der Waals surface area contributed by atoms with E-state index < -0.39 is 28.6 Å². The number of aliphatic hydroxyl groups is 1. The summed E-state index contributed by atoms with van der Waals surface area (Å²) in [6.45, 7) is 8.46. The number of rotatable bonds is 10. The Morgan fingerprint density at radius 2 is 2.21 bits per heavy atom. The Hall–Kier alpha value is -1.54. The first-order chi connectivity index (χ1) is 13.8. The van der Waals surface area contributed by atoms with Crippen molar-refractivity contribution >= 4 is 29.5 Å². The molecule has 0 radical (unpaired) electrons. The van der Waals surface area contributed by atoms with E-state index in [0.29, 0.717) is 19.4 Å². The predicted octanol–water partition coefficient (Wildman–Crippen LogP) is 1.75. The van der Waals surface area contributed by atoms with Gasteiger partial charge in [-0.1, -0.05) is 19.4 Å². The summed E-state index contributed by atoms with van der Waals surface area (Å²) in [7, 11) is 0. The third kappa shape index (κ3) is 3.48. The maximum Gasteiger partial charge on any atom is 0.308 e. The molecule has 1 spiro atoms. The summed E-state index contributed by atoms with van der Waals surface area (Å²) in [5, 5.41) is 19.0. The number of aliphatic carboxylic acids is 1. The molecule has 29 heavy (non-hydrogen) atoms. The molecule has 0 saturated carbocycles. The number of hydrogen-bond acceptors (Lipinski definition) is 5. The van der Waals surface area contributed by atoms with Crippen molar-refractivity contribution in [3.05, 3.63) is 12.7 Å². The number of hydrogen-bond donors (Lipinski definition) is 2. The van der Waals surface area contributed by atoms with Crippen molar-refractivity contribution in [3.8, 4) is 0 Å². The summed E-state index contributed by atoms with van der Waals surface area (Å²) < 4.78 is -0.678. The molecule has 6 atom stereocenters. The second-order valence-corrected chi connectivity index (χ2v) is 10.0. The summed E-state index contributed by atoms with van der Waals surface area (Å²) in [5.74, 6) is -2.69.